The number of hydrogen-bond acceptors (Lipinski definition) is 3. The number of hydrogen-bond donors (Lipinski definition) is 1. The molecular formula is C13H12ClNO4. The predicted molar refractivity (Wildman–Crippen MR) is 67.3 cm³/mol. The number of amides is 1. The molecular weight excluding hydrogens is 270 g/mol. The molecule has 2 aliphatic rings. The monoisotopic (exact) mass is 281 g/mol. The van der Waals surface area contributed by atoms with Crippen molar-refractivity contribution >= 4 is 23.5 Å². The van der Waals surface area contributed by atoms with Gasteiger partial charge < -0.3 is 14.7 Å². The molecule has 6 heteroatoms. The topological polar surface area (TPSA) is 66.8 Å². The molecule has 0 spiro atoms. The van der Waals surface area contributed by atoms with Crippen LogP contribution in [0.5, 0.6) is 5.75 Å². The highest BCUT2D eigenvalue weighted by Crippen LogP contribution is 2.32. The summed E-state index contributed by atoms with van der Waals surface area (Å²) in [7, 11) is 0. The molecule has 0 bridgehead atoms. The van der Waals surface area contributed by atoms with Crippen molar-refractivity contribution in [3.8, 4) is 5.75 Å². The summed E-state index contributed by atoms with van der Waals surface area (Å²) in [6, 6.07) is 5.26. The molecule has 1 unspecified atom stereocenters. The van der Waals surface area contributed by atoms with E-state index < -0.39 is 18.0 Å². The average Bonchev–Trinajstić information content (AvgIpc) is 2.68. The van der Waals surface area contributed by atoms with Crippen LogP contribution >= 0.6 is 11.6 Å². The number of carbonyl (C=O) groups is 2. The van der Waals surface area contributed by atoms with Gasteiger partial charge in [0, 0.05) is 24.5 Å². The molecule has 0 radical (unpaired) electrons. The van der Waals surface area contributed by atoms with Gasteiger partial charge in [0.05, 0.1) is 5.92 Å². The number of carboxylic acids is 1. The highest BCUT2D eigenvalue weighted by molar-refractivity contribution is 6.30. The molecule has 0 aliphatic carbocycles. The van der Waals surface area contributed by atoms with E-state index in [9.17, 15) is 9.59 Å². The second-order valence-corrected chi connectivity index (χ2v) is 5.28. The van der Waals surface area contributed by atoms with Gasteiger partial charge in [0.1, 0.15) is 5.75 Å². The molecule has 1 saturated heterocycles. The van der Waals surface area contributed by atoms with Crippen LogP contribution < -0.4 is 4.74 Å². The van der Waals surface area contributed by atoms with E-state index in [2.05, 4.69) is 0 Å². The van der Waals surface area contributed by atoms with Crippen molar-refractivity contribution in [2.45, 2.75) is 12.5 Å². The predicted octanol–water partition coefficient (Wildman–Crippen LogP) is 1.19. The summed E-state index contributed by atoms with van der Waals surface area (Å²) >= 11 is 5.89. The summed E-state index contributed by atoms with van der Waals surface area (Å²) in [4.78, 5) is 24.4. The average molecular weight is 282 g/mol. The lowest BCUT2D eigenvalue weighted by molar-refractivity contribution is -0.155. The number of nitrogens with zero attached hydrogens (tertiary/aromatic N) is 1. The largest absolute Gasteiger partial charge is 0.481 e. The van der Waals surface area contributed by atoms with Crippen LogP contribution in [0.4, 0.5) is 0 Å². The first-order valence-corrected chi connectivity index (χ1v) is 6.39. The Kier molecular flexibility index (Phi) is 2.86. The molecule has 3 rings (SSSR count). The van der Waals surface area contributed by atoms with Crippen LogP contribution in [-0.4, -0.2) is 41.1 Å². The van der Waals surface area contributed by atoms with Gasteiger partial charge in [0.2, 0.25) is 0 Å². The summed E-state index contributed by atoms with van der Waals surface area (Å²) in [5.41, 5.74) is 0.918. The zero-order valence-electron chi connectivity index (χ0n) is 10.0. The van der Waals surface area contributed by atoms with E-state index in [-0.39, 0.29) is 19.0 Å². The quantitative estimate of drug-likeness (QED) is 0.884. The van der Waals surface area contributed by atoms with E-state index in [0.29, 0.717) is 17.2 Å². The van der Waals surface area contributed by atoms with E-state index in [1.165, 1.54) is 4.90 Å². The second-order valence-electron chi connectivity index (χ2n) is 4.84. The molecule has 2 aliphatic heterocycles. The zero-order valence-corrected chi connectivity index (χ0v) is 10.8. The van der Waals surface area contributed by atoms with Crippen molar-refractivity contribution in [1.82, 2.24) is 4.90 Å². The zero-order chi connectivity index (χ0) is 13.6. The molecule has 100 valence electrons. The number of rotatable bonds is 2. The maximum atomic E-state index is 12.1. The third-order valence-electron chi connectivity index (χ3n) is 3.51. The minimum Gasteiger partial charge on any atom is -0.481 e. The number of benzene rings is 1. The third-order valence-corrected chi connectivity index (χ3v) is 3.75. The summed E-state index contributed by atoms with van der Waals surface area (Å²) in [5, 5.41) is 9.40. The highest BCUT2D eigenvalue weighted by Gasteiger charge is 2.40. The van der Waals surface area contributed by atoms with Crippen molar-refractivity contribution in [1.29, 1.82) is 0 Å². The van der Waals surface area contributed by atoms with Crippen LogP contribution in [0.1, 0.15) is 5.56 Å². The molecule has 1 fully saturated rings. The van der Waals surface area contributed by atoms with Gasteiger partial charge in [-0.3, -0.25) is 9.59 Å². The Morgan fingerprint density at radius 3 is 2.79 bits per heavy atom. The highest BCUT2D eigenvalue weighted by atomic mass is 35.5. The van der Waals surface area contributed by atoms with Crippen LogP contribution in [0, 0.1) is 5.92 Å². The number of likely N-dealkylation sites (tertiary alicyclic amines) is 1. The normalized spacial score (nSPS) is 21.5. The van der Waals surface area contributed by atoms with Gasteiger partial charge in [-0.1, -0.05) is 11.6 Å². The first-order chi connectivity index (χ1) is 9.04. The van der Waals surface area contributed by atoms with Gasteiger partial charge in [0.25, 0.3) is 5.91 Å². The van der Waals surface area contributed by atoms with Gasteiger partial charge in [0.15, 0.2) is 6.10 Å². The van der Waals surface area contributed by atoms with Crippen LogP contribution in [0.3, 0.4) is 0 Å². The molecule has 0 saturated carbocycles. The lowest BCUT2D eigenvalue weighted by Gasteiger charge is -2.37. The lowest BCUT2D eigenvalue weighted by Crippen LogP contribution is -2.56. The van der Waals surface area contributed by atoms with E-state index in [1.54, 1.807) is 18.2 Å². The minimum atomic E-state index is -0.855. The van der Waals surface area contributed by atoms with Crippen molar-refractivity contribution in [3.05, 3.63) is 28.8 Å². The molecule has 0 aromatic heterocycles. The van der Waals surface area contributed by atoms with E-state index in [4.69, 9.17) is 21.4 Å². The first kappa shape index (κ1) is 12.3. The summed E-state index contributed by atoms with van der Waals surface area (Å²) in [5.74, 6) is -0.767. The number of aliphatic carboxylic acids is 1. The Morgan fingerprint density at radius 1 is 1.37 bits per heavy atom. The van der Waals surface area contributed by atoms with Crippen molar-refractivity contribution in [3.63, 3.8) is 0 Å². The molecule has 1 aromatic rings. The fourth-order valence-corrected chi connectivity index (χ4v) is 2.57. The maximum absolute atomic E-state index is 12.1. The lowest BCUT2D eigenvalue weighted by atomic mass is 9.99. The number of ether oxygens (including phenoxy) is 1. The van der Waals surface area contributed by atoms with Gasteiger partial charge in [-0.25, -0.2) is 0 Å². The maximum Gasteiger partial charge on any atom is 0.310 e. The molecule has 5 nitrogen and oxygen atoms in total. The molecule has 1 aromatic carbocycles. The van der Waals surface area contributed by atoms with Gasteiger partial charge in [-0.05, 0) is 23.8 Å². The Balaban J connectivity index is 1.64. The Hall–Kier alpha value is -1.75. The smallest absolute Gasteiger partial charge is 0.310 e. The first-order valence-electron chi connectivity index (χ1n) is 6.01. The van der Waals surface area contributed by atoms with Crippen molar-refractivity contribution in [2.75, 3.05) is 13.1 Å². The van der Waals surface area contributed by atoms with Gasteiger partial charge in [-0.2, -0.15) is 0 Å². The fourth-order valence-electron chi connectivity index (χ4n) is 2.37. The molecule has 1 atom stereocenters. The Morgan fingerprint density at radius 2 is 2.11 bits per heavy atom. The number of carbonyl (C=O) groups excluding carboxylic acids is 1. The van der Waals surface area contributed by atoms with Crippen LogP contribution in [-0.2, 0) is 16.0 Å². The number of fused-ring (bicyclic) bond motifs is 1. The Bertz CT molecular complexity index is 554. The fraction of sp³-hybridized carbons (Fsp3) is 0.385. The second kappa shape index (κ2) is 4.42. The van der Waals surface area contributed by atoms with Crippen molar-refractivity contribution < 1.29 is 19.4 Å². The van der Waals surface area contributed by atoms with Crippen LogP contribution in [0.25, 0.3) is 0 Å². The number of halogens is 1. The molecule has 1 amide bonds. The minimum absolute atomic E-state index is 0.148. The van der Waals surface area contributed by atoms with E-state index in [1.807, 2.05) is 0 Å². The standard InChI is InChI=1S/C13H12ClNO4/c14-9-1-2-10-7(3-9)4-11(19-10)12(16)15-5-8(6-15)13(17)18/h1-3,8,11H,4-6H2,(H,17,18). The molecule has 2 heterocycles. The van der Waals surface area contributed by atoms with Crippen LogP contribution in [0.2, 0.25) is 5.02 Å². The van der Waals surface area contributed by atoms with Crippen LogP contribution in [0.15, 0.2) is 18.2 Å². The molecule has 19 heavy (non-hydrogen) atoms. The Labute approximate surface area is 114 Å². The van der Waals surface area contributed by atoms with E-state index in [0.717, 1.165) is 5.56 Å². The third kappa shape index (κ3) is 2.14. The summed E-state index contributed by atoms with van der Waals surface area (Å²) < 4.78 is 5.58. The van der Waals surface area contributed by atoms with Gasteiger partial charge in [-0.15, -0.1) is 0 Å². The van der Waals surface area contributed by atoms with Crippen molar-refractivity contribution in [2.24, 2.45) is 5.92 Å². The number of carboxylic acid groups (broad SMARTS) is 1. The van der Waals surface area contributed by atoms with Gasteiger partial charge >= 0.3 is 5.97 Å². The summed E-state index contributed by atoms with van der Waals surface area (Å²) in [6.07, 6.45) is -0.0635. The SMILES string of the molecule is O=C(O)C1CN(C(=O)C2Cc3cc(Cl)ccc3O2)C1. The summed E-state index contributed by atoms with van der Waals surface area (Å²) in [6.45, 7) is 0.538. The van der Waals surface area contributed by atoms with E-state index >= 15 is 0 Å². The molecule has 1 N–H and O–H groups in total.